The van der Waals surface area contributed by atoms with E-state index >= 15 is 0 Å². The number of amides is 2. The summed E-state index contributed by atoms with van der Waals surface area (Å²) in [4.78, 5) is 27.4. The average molecular weight is 354 g/mol. The van der Waals surface area contributed by atoms with Crippen molar-refractivity contribution >= 4 is 39.1 Å². The Hall–Kier alpha value is -2.77. The first-order valence-electron chi connectivity index (χ1n) is 7.84. The molecular formula is C18H18N4O2S. The summed E-state index contributed by atoms with van der Waals surface area (Å²) in [6.07, 6.45) is 0.750. The number of nitrogens with one attached hydrogen (secondary N) is 2. The maximum atomic E-state index is 11.7. The molecule has 0 atom stereocenters. The number of para-hydroxylation sites is 1. The smallest absolute Gasteiger partial charge is 0.243 e. The van der Waals surface area contributed by atoms with Crippen LogP contribution in [-0.2, 0) is 16.0 Å². The van der Waals surface area contributed by atoms with Crippen LogP contribution in [0.3, 0.4) is 0 Å². The Morgan fingerprint density at radius 3 is 2.52 bits per heavy atom. The molecule has 2 aromatic carbocycles. The van der Waals surface area contributed by atoms with E-state index in [4.69, 9.17) is 5.73 Å². The molecule has 3 rings (SSSR count). The molecule has 0 radical (unpaired) electrons. The molecule has 2 amide bonds. The molecule has 0 bridgehead atoms. The van der Waals surface area contributed by atoms with Crippen molar-refractivity contribution in [2.45, 2.75) is 6.42 Å². The van der Waals surface area contributed by atoms with Crippen molar-refractivity contribution in [3.05, 3.63) is 59.1 Å². The SMILES string of the molecule is NCC(=O)NCC(=O)Nc1ccc(Cc2nc3ccccc3s2)cc1. The van der Waals surface area contributed by atoms with E-state index in [0.717, 1.165) is 22.5 Å². The van der Waals surface area contributed by atoms with E-state index in [1.54, 1.807) is 11.3 Å². The third kappa shape index (κ3) is 4.62. The van der Waals surface area contributed by atoms with Gasteiger partial charge in [0.15, 0.2) is 0 Å². The van der Waals surface area contributed by atoms with Crippen LogP contribution in [0.2, 0.25) is 0 Å². The molecule has 128 valence electrons. The quantitative estimate of drug-likeness (QED) is 0.630. The van der Waals surface area contributed by atoms with Crippen molar-refractivity contribution in [2.75, 3.05) is 18.4 Å². The van der Waals surface area contributed by atoms with Crippen LogP contribution in [-0.4, -0.2) is 29.9 Å². The van der Waals surface area contributed by atoms with Gasteiger partial charge in [-0.2, -0.15) is 0 Å². The number of nitrogens with zero attached hydrogens (tertiary/aromatic N) is 1. The number of fused-ring (bicyclic) bond motifs is 1. The molecule has 25 heavy (non-hydrogen) atoms. The molecule has 0 fully saturated rings. The average Bonchev–Trinajstić information content (AvgIpc) is 3.03. The maximum Gasteiger partial charge on any atom is 0.243 e. The lowest BCUT2D eigenvalue weighted by molar-refractivity contribution is -0.123. The first-order valence-corrected chi connectivity index (χ1v) is 8.65. The van der Waals surface area contributed by atoms with Gasteiger partial charge in [0.2, 0.25) is 11.8 Å². The van der Waals surface area contributed by atoms with Crippen LogP contribution in [0.1, 0.15) is 10.6 Å². The predicted molar refractivity (Wildman–Crippen MR) is 99.6 cm³/mol. The number of hydrogen-bond acceptors (Lipinski definition) is 5. The maximum absolute atomic E-state index is 11.7. The van der Waals surface area contributed by atoms with Gasteiger partial charge in [-0.05, 0) is 29.8 Å². The van der Waals surface area contributed by atoms with Gasteiger partial charge in [0, 0.05) is 12.1 Å². The summed E-state index contributed by atoms with van der Waals surface area (Å²) in [5.74, 6) is -0.651. The number of carbonyl (C=O) groups is 2. The molecule has 1 heterocycles. The van der Waals surface area contributed by atoms with E-state index in [0.29, 0.717) is 5.69 Å². The van der Waals surface area contributed by atoms with Crippen molar-refractivity contribution < 1.29 is 9.59 Å². The van der Waals surface area contributed by atoms with Crippen LogP contribution >= 0.6 is 11.3 Å². The van der Waals surface area contributed by atoms with E-state index in [1.165, 1.54) is 4.70 Å². The lowest BCUT2D eigenvalue weighted by Gasteiger charge is -2.07. The number of hydrogen-bond donors (Lipinski definition) is 3. The molecule has 0 unspecified atom stereocenters. The summed E-state index contributed by atoms with van der Waals surface area (Å²) in [6.45, 7) is -0.225. The van der Waals surface area contributed by atoms with Gasteiger partial charge in [-0.15, -0.1) is 11.3 Å². The molecule has 0 saturated carbocycles. The molecule has 0 saturated heterocycles. The van der Waals surface area contributed by atoms with E-state index in [9.17, 15) is 9.59 Å². The van der Waals surface area contributed by atoms with E-state index in [-0.39, 0.29) is 24.9 Å². The van der Waals surface area contributed by atoms with Crippen LogP contribution in [0.15, 0.2) is 48.5 Å². The molecule has 1 aromatic heterocycles. The highest BCUT2D eigenvalue weighted by atomic mass is 32.1. The normalized spacial score (nSPS) is 10.6. The van der Waals surface area contributed by atoms with Crippen molar-refractivity contribution in [1.82, 2.24) is 10.3 Å². The molecular weight excluding hydrogens is 336 g/mol. The van der Waals surface area contributed by atoms with Gasteiger partial charge in [0.05, 0.1) is 28.3 Å². The fourth-order valence-corrected chi connectivity index (χ4v) is 3.33. The number of carbonyl (C=O) groups excluding carboxylic acids is 2. The largest absolute Gasteiger partial charge is 0.346 e. The molecule has 0 aliphatic heterocycles. The summed E-state index contributed by atoms with van der Waals surface area (Å²) in [5.41, 5.74) is 7.99. The molecule has 7 heteroatoms. The fraction of sp³-hybridized carbons (Fsp3) is 0.167. The van der Waals surface area contributed by atoms with Gasteiger partial charge >= 0.3 is 0 Å². The van der Waals surface area contributed by atoms with Gasteiger partial charge in [-0.25, -0.2) is 4.98 Å². The van der Waals surface area contributed by atoms with Crippen LogP contribution in [0.4, 0.5) is 5.69 Å². The van der Waals surface area contributed by atoms with Gasteiger partial charge in [-0.3, -0.25) is 9.59 Å². The Balaban J connectivity index is 1.58. The highest BCUT2D eigenvalue weighted by molar-refractivity contribution is 7.18. The molecule has 4 N–H and O–H groups in total. The summed E-state index contributed by atoms with van der Waals surface area (Å²) < 4.78 is 1.18. The zero-order chi connectivity index (χ0) is 17.6. The Morgan fingerprint density at radius 1 is 1.04 bits per heavy atom. The zero-order valence-corrected chi connectivity index (χ0v) is 14.3. The van der Waals surface area contributed by atoms with Crippen LogP contribution < -0.4 is 16.4 Å². The second-order valence-electron chi connectivity index (χ2n) is 5.48. The van der Waals surface area contributed by atoms with Gasteiger partial charge in [-0.1, -0.05) is 24.3 Å². The van der Waals surface area contributed by atoms with Crippen molar-refractivity contribution in [2.24, 2.45) is 5.73 Å². The Labute approximate surface area is 149 Å². The lowest BCUT2D eigenvalue weighted by Crippen LogP contribution is -2.36. The Bertz CT molecular complexity index is 856. The Kier molecular flexibility index (Phi) is 5.37. The van der Waals surface area contributed by atoms with Crippen LogP contribution in [0.25, 0.3) is 10.2 Å². The monoisotopic (exact) mass is 354 g/mol. The van der Waals surface area contributed by atoms with Gasteiger partial charge in [0.1, 0.15) is 0 Å². The minimum absolute atomic E-state index is 0.0938. The van der Waals surface area contributed by atoms with E-state index in [1.807, 2.05) is 42.5 Å². The second kappa shape index (κ2) is 7.87. The molecule has 0 spiro atoms. The van der Waals surface area contributed by atoms with Gasteiger partial charge < -0.3 is 16.4 Å². The highest BCUT2D eigenvalue weighted by Crippen LogP contribution is 2.24. The number of benzene rings is 2. The standard InChI is InChI=1S/C18H18N4O2S/c19-10-16(23)20-11-17(24)21-13-7-5-12(6-8-13)9-18-22-14-3-1-2-4-15(14)25-18/h1-8H,9-11,19H2,(H,20,23)(H,21,24). The minimum atomic E-state index is -0.360. The molecule has 3 aromatic rings. The second-order valence-corrected chi connectivity index (χ2v) is 6.59. The molecule has 0 aliphatic carbocycles. The molecule has 6 nitrogen and oxygen atoms in total. The number of aromatic nitrogens is 1. The van der Waals surface area contributed by atoms with E-state index in [2.05, 4.69) is 21.7 Å². The Morgan fingerprint density at radius 2 is 1.80 bits per heavy atom. The van der Waals surface area contributed by atoms with Crippen molar-refractivity contribution in [1.29, 1.82) is 0 Å². The van der Waals surface area contributed by atoms with Crippen LogP contribution in [0, 0.1) is 0 Å². The van der Waals surface area contributed by atoms with Gasteiger partial charge in [0.25, 0.3) is 0 Å². The topological polar surface area (TPSA) is 97.1 Å². The zero-order valence-electron chi connectivity index (χ0n) is 13.5. The number of thiazole rings is 1. The number of anilines is 1. The van der Waals surface area contributed by atoms with Crippen molar-refractivity contribution in [3.63, 3.8) is 0 Å². The highest BCUT2D eigenvalue weighted by Gasteiger charge is 2.06. The van der Waals surface area contributed by atoms with E-state index < -0.39 is 0 Å². The lowest BCUT2D eigenvalue weighted by atomic mass is 10.1. The number of nitrogens with two attached hydrogens (primary N) is 1. The summed E-state index contributed by atoms with van der Waals surface area (Å²) in [5, 5.41) is 6.21. The molecule has 0 aliphatic rings. The minimum Gasteiger partial charge on any atom is -0.346 e. The fourth-order valence-electron chi connectivity index (χ4n) is 2.33. The third-order valence-corrected chi connectivity index (χ3v) is 4.60. The first-order chi connectivity index (χ1) is 12.1. The first kappa shape index (κ1) is 17.1. The summed E-state index contributed by atoms with van der Waals surface area (Å²) in [7, 11) is 0. The number of rotatable bonds is 6. The summed E-state index contributed by atoms with van der Waals surface area (Å²) in [6, 6.07) is 15.7. The predicted octanol–water partition coefficient (Wildman–Crippen LogP) is 1.90. The third-order valence-electron chi connectivity index (χ3n) is 3.56. The summed E-state index contributed by atoms with van der Waals surface area (Å²) >= 11 is 1.69. The van der Waals surface area contributed by atoms with Crippen molar-refractivity contribution in [3.8, 4) is 0 Å². The van der Waals surface area contributed by atoms with Crippen LogP contribution in [0.5, 0.6) is 0 Å².